The number of halogens is 3. The van der Waals surface area contributed by atoms with E-state index in [0.717, 1.165) is 12.1 Å². The molecule has 0 fully saturated rings. The van der Waals surface area contributed by atoms with E-state index in [2.05, 4.69) is 10.6 Å². The number of rotatable bonds is 3. The predicted molar refractivity (Wildman–Crippen MR) is 112 cm³/mol. The zero-order valence-electron chi connectivity index (χ0n) is 15.2. The second kappa shape index (κ2) is 7.96. The molecule has 1 heterocycles. The van der Waals surface area contributed by atoms with Crippen LogP contribution in [0.25, 0.3) is 21.9 Å². The van der Waals surface area contributed by atoms with Crippen molar-refractivity contribution in [1.29, 1.82) is 0 Å². The van der Waals surface area contributed by atoms with Gasteiger partial charge in [-0.05, 0) is 29.8 Å². The normalized spacial score (nSPS) is 10.8. The van der Waals surface area contributed by atoms with Crippen LogP contribution in [0.5, 0.6) is 0 Å². The zero-order chi connectivity index (χ0) is 21.3. The van der Waals surface area contributed by atoms with Gasteiger partial charge in [-0.3, -0.25) is 5.32 Å². The van der Waals surface area contributed by atoms with Crippen LogP contribution in [0.15, 0.2) is 75.9 Å². The third-order valence-corrected chi connectivity index (χ3v) is 4.60. The maximum atomic E-state index is 13.8. The van der Waals surface area contributed by atoms with Gasteiger partial charge in [0.2, 0.25) is 5.88 Å². The highest BCUT2D eigenvalue weighted by Gasteiger charge is 2.18. The minimum absolute atomic E-state index is 0.124. The van der Waals surface area contributed by atoms with E-state index in [1.165, 1.54) is 6.07 Å². The Morgan fingerprint density at radius 2 is 1.67 bits per heavy atom. The van der Waals surface area contributed by atoms with Gasteiger partial charge in [0.1, 0.15) is 11.6 Å². The average Bonchev–Trinajstić information content (AvgIpc) is 2.71. The smallest absolute Gasteiger partial charge is 0.345 e. The number of urea groups is 1. The van der Waals surface area contributed by atoms with Crippen LogP contribution in [0, 0.1) is 11.6 Å². The van der Waals surface area contributed by atoms with E-state index >= 15 is 0 Å². The number of hydrogen-bond donors (Lipinski definition) is 2. The van der Waals surface area contributed by atoms with E-state index in [9.17, 15) is 18.4 Å². The first kappa shape index (κ1) is 19.6. The molecule has 0 unspecified atom stereocenters. The third-order valence-electron chi connectivity index (χ3n) is 4.36. The van der Waals surface area contributed by atoms with Crippen molar-refractivity contribution in [2.45, 2.75) is 0 Å². The second-order valence-electron chi connectivity index (χ2n) is 6.35. The number of fused-ring (bicyclic) bond motifs is 1. The monoisotopic (exact) mass is 426 g/mol. The Morgan fingerprint density at radius 3 is 2.40 bits per heavy atom. The molecule has 0 saturated heterocycles. The van der Waals surface area contributed by atoms with E-state index in [4.69, 9.17) is 16.0 Å². The van der Waals surface area contributed by atoms with Gasteiger partial charge < -0.3 is 9.73 Å². The van der Waals surface area contributed by atoms with E-state index in [1.807, 2.05) is 6.07 Å². The van der Waals surface area contributed by atoms with Crippen molar-refractivity contribution >= 4 is 40.0 Å². The molecule has 0 bridgehead atoms. The lowest BCUT2D eigenvalue weighted by molar-refractivity contribution is 0.261. The molecule has 0 aliphatic carbocycles. The molecule has 0 spiro atoms. The number of amides is 2. The summed E-state index contributed by atoms with van der Waals surface area (Å²) in [6.07, 6.45) is 0. The molecule has 0 aliphatic rings. The summed E-state index contributed by atoms with van der Waals surface area (Å²) in [4.78, 5) is 24.9. The van der Waals surface area contributed by atoms with Crippen LogP contribution in [-0.4, -0.2) is 6.03 Å². The standard InChI is InChI=1S/C22H13ClF2N2O3/c23-13-6-8-15-16(10-13)21(28)30-20(19(15)12-4-2-1-3-5-12)27-22(29)26-18-9-7-14(24)11-17(18)25/h1-11H,(H2,26,27,29). The van der Waals surface area contributed by atoms with Gasteiger partial charge in [-0.2, -0.15) is 0 Å². The van der Waals surface area contributed by atoms with E-state index in [1.54, 1.807) is 36.4 Å². The SMILES string of the molecule is O=C(Nc1ccc(F)cc1F)Nc1oc(=O)c2cc(Cl)ccc2c1-c1ccccc1. The molecule has 5 nitrogen and oxygen atoms in total. The molecule has 4 rings (SSSR count). The maximum Gasteiger partial charge on any atom is 0.345 e. The van der Waals surface area contributed by atoms with E-state index < -0.39 is 23.3 Å². The molecule has 0 radical (unpaired) electrons. The molecule has 1 aromatic heterocycles. The summed E-state index contributed by atoms with van der Waals surface area (Å²) in [7, 11) is 0. The van der Waals surface area contributed by atoms with Crippen molar-refractivity contribution in [3.05, 3.63) is 93.8 Å². The van der Waals surface area contributed by atoms with Gasteiger partial charge in [-0.1, -0.05) is 48.0 Å². The molecular formula is C22H13ClF2N2O3. The number of carbonyl (C=O) groups is 1. The van der Waals surface area contributed by atoms with Crippen LogP contribution in [-0.2, 0) is 0 Å². The summed E-state index contributed by atoms with van der Waals surface area (Å²) >= 11 is 6.01. The first-order valence-electron chi connectivity index (χ1n) is 8.77. The van der Waals surface area contributed by atoms with Crippen molar-refractivity contribution in [2.24, 2.45) is 0 Å². The first-order chi connectivity index (χ1) is 14.4. The van der Waals surface area contributed by atoms with Gasteiger partial charge in [0.05, 0.1) is 16.6 Å². The Kier molecular flexibility index (Phi) is 5.20. The molecule has 0 atom stereocenters. The fourth-order valence-corrected chi connectivity index (χ4v) is 3.22. The van der Waals surface area contributed by atoms with E-state index in [0.29, 0.717) is 27.6 Å². The minimum atomic E-state index is -0.942. The zero-order valence-corrected chi connectivity index (χ0v) is 16.0. The van der Waals surface area contributed by atoms with Crippen molar-refractivity contribution in [3.63, 3.8) is 0 Å². The molecule has 4 aromatic rings. The first-order valence-corrected chi connectivity index (χ1v) is 9.15. The third kappa shape index (κ3) is 3.88. The van der Waals surface area contributed by atoms with Gasteiger partial charge in [0.15, 0.2) is 0 Å². The predicted octanol–water partition coefficient (Wildman–Crippen LogP) is 6.04. The van der Waals surface area contributed by atoms with Crippen molar-refractivity contribution in [2.75, 3.05) is 10.6 Å². The Morgan fingerprint density at radius 1 is 0.900 bits per heavy atom. The lowest BCUT2D eigenvalue weighted by Crippen LogP contribution is -2.21. The summed E-state index contributed by atoms with van der Waals surface area (Å²) in [6, 6.07) is 15.6. The van der Waals surface area contributed by atoms with Crippen molar-refractivity contribution in [3.8, 4) is 11.1 Å². The highest BCUT2D eigenvalue weighted by Crippen LogP contribution is 2.35. The fraction of sp³-hybridized carbons (Fsp3) is 0. The van der Waals surface area contributed by atoms with Gasteiger partial charge in [-0.15, -0.1) is 0 Å². The van der Waals surface area contributed by atoms with Crippen LogP contribution in [0.3, 0.4) is 0 Å². The Balaban J connectivity index is 1.79. The van der Waals surface area contributed by atoms with Gasteiger partial charge >= 0.3 is 11.7 Å². The molecule has 0 saturated carbocycles. The van der Waals surface area contributed by atoms with Crippen LogP contribution >= 0.6 is 11.6 Å². The van der Waals surface area contributed by atoms with Crippen LogP contribution < -0.4 is 16.3 Å². The topological polar surface area (TPSA) is 71.3 Å². The van der Waals surface area contributed by atoms with Gasteiger partial charge in [-0.25, -0.2) is 18.4 Å². The summed E-state index contributed by atoms with van der Waals surface area (Å²) < 4.78 is 32.3. The molecule has 150 valence electrons. The molecule has 8 heteroatoms. The number of hydrogen-bond acceptors (Lipinski definition) is 3. The Bertz CT molecular complexity index is 1320. The van der Waals surface area contributed by atoms with Crippen LogP contribution in [0.4, 0.5) is 25.1 Å². The summed E-state index contributed by atoms with van der Waals surface area (Å²) in [5.74, 6) is -1.84. The fourth-order valence-electron chi connectivity index (χ4n) is 3.05. The number of anilines is 2. The summed E-state index contributed by atoms with van der Waals surface area (Å²) in [6.45, 7) is 0. The lowest BCUT2D eigenvalue weighted by Gasteiger charge is -2.13. The average molecular weight is 427 g/mol. The number of nitrogens with one attached hydrogen (secondary N) is 2. The molecule has 2 N–H and O–H groups in total. The molecular weight excluding hydrogens is 414 g/mol. The van der Waals surface area contributed by atoms with E-state index in [-0.39, 0.29) is 17.0 Å². The number of benzene rings is 3. The maximum absolute atomic E-state index is 13.8. The Hall–Kier alpha value is -3.71. The largest absolute Gasteiger partial charge is 0.405 e. The molecule has 0 aliphatic heterocycles. The quantitative estimate of drug-likeness (QED) is 0.420. The van der Waals surface area contributed by atoms with Crippen LogP contribution in [0.2, 0.25) is 5.02 Å². The van der Waals surface area contributed by atoms with Crippen molar-refractivity contribution in [1.82, 2.24) is 0 Å². The molecule has 30 heavy (non-hydrogen) atoms. The van der Waals surface area contributed by atoms with Gasteiger partial charge in [0, 0.05) is 16.5 Å². The molecule has 2 amide bonds. The molecule has 3 aromatic carbocycles. The number of carbonyl (C=O) groups excluding carboxylic acids is 1. The summed E-state index contributed by atoms with van der Waals surface area (Å²) in [5, 5.41) is 5.83. The highest BCUT2D eigenvalue weighted by atomic mass is 35.5. The van der Waals surface area contributed by atoms with Crippen LogP contribution in [0.1, 0.15) is 0 Å². The minimum Gasteiger partial charge on any atom is -0.405 e. The highest BCUT2D eigenvalue weighted by molar-refractivity contribution is 6.31. The second-order valence-corrected chi connectivity index (χ2v) is 6.79. The van der Waals surface area contributed by atoms with Crippen molar-refractivity contribution < 1.29 is 18.0 Å². The lowest BCUT2D eigenvalue weighted by atomic mass is 10.0. The summed E-state index contributed by atoms with van der Waals surface area (Å²) in [5.41, 5.74) is 0.203. The Labute approximate surface area is 173 Å². The van der Waals surface area contributed by atoms with Gasteiger partial charge in [0.25, 0.3) is 0 Å².